The van der Waals surface area contributed by atoms with Gasteiger partial charge in [0.05, 0.1) is 0 Å². The Kier molecular flexibility index (Phi) is 3.34. The molecular formula is C13H19N. The van der Waals surface area contributed by atoms with Crippen LogP contribution in [0.1, 0.15) is 37.0 Å². The van der Waals surface area contributed by atoms with Crippen LogP contribution in [0, 0.1) is 13.8 Å². The van der Waals surface area contributed by atoms with Gasteiger partial charge in [-0.15, -0.1) is 0 Å². The molecule has 76 valence electrons. The van der Waals surface area contributed by atoms with Gasteiger partial charge in [0.2, 0.25) is 0 Å². The van der Waals surface area contributed by atoms with E-state index in [2.05, 4.69) is 39.0 Å². The van der Waals surface area contributed by atoms with E-state index in [0.29, 0.717) is 0 Å². The summed E-state index contributed by atoms with van der Waals surface area (Å²) in [6.45, 7) is 8.47. The summed E-state index contributed by atoms with van der Waals surface area (Å²) in [5.74, 6) is 0. The van der Waals surface area contributed by atoms with E-state index in [0.717, 1.165) is 17.7 Å². The first-order chi connectivity index (χ1) is 6.56. The molecule has 0 aliphatic heterocycles. The third kappa shape index (κ3) is 2.16. The molecule has 1 heteroatoms. The Hall–Kier alpha value is -1.24. The third-order valence-electron chi connectivity index (χ3n) is 2.55. The lowest BCUT2D eigenvalue weighted by atomic mass is 9.98. The number of rotatable bonds is 2. The standard InChI is InChI=1S/C13H19N/c1-5-6-9(2)12-8-13(14)11(4)7-10(12)3/h6-8H,5,14H2,1-4H3/b9-6+. The minimum absolute atomic E-state index is 0.884. The van der Waals surface area contributed by atoms with Crippen LogP contribution >= 0.6 is 0 Å². The molecule has 0 heterocycles. The van der Waals surface area contributed by atoms with Crippen molar-refractivity contribution in [2.75, 3.05) is 5.73 Å². The highest BCUT2D eigenvalue weighted by molar-refractivity contribution is 5.70. The van der Waals surface area contributed by atoms with E-state index in [4.69, 9.17) is 5.73 Å². The summed E-state index contributed by atoms with van der Waals surface area (Å²) in [5, 5.41) is 0. The van der Waals surface area contributed by atoms with Crippen LogP contribution in [0.2, 0.25) is 0 Å². The number of anilines is 1. The molecule has 0 bridgehead atoms. The van der Waals surface area contributed by atoms with Crippen LogP contribution in [0.5, 0.6) is 0 Å². The van der Waals surface area contributed by atoms with Gasteiger partial charge < -0.3 is 5.73 Å². The van der Waals surface area contributed by atoms with Gasteiger partial charge in [-0.25, -0.2) is 0 Å². The molecule has 0 aliphatic rings. The molecule has 0 atom stereocenters. The van der Waals surface area contributed by atoms with E-state index >= 15 is 0 Å². The number of benzene rings is 1. The number of allylic oxidation sites excluding steroid dienone is 2. The van der Waals surface area contributed by atoms with Gasteiger partial charge in [-0.05, 0) is 55.5 Å². The first kappa shape index (κ1) is 10.8. The van der Waals surface area contributed by atoms with Crippen molar-refractivity contribution in [1.29, 1.82) is 0 Å². The fraction of sp³-hybridized carbons (Fsp3) is 0.385. The van der Waals surface area contributed by atoms with Crippen molar-refractivity contribution in [1.82, 2.24) is 0 Å². The van der Waals surface area contributed by atoms with Crippen molar-refractivity contribution in [3.8, 4) is 0 Å². The SMILES string of the molecule is CC/C=C(\C)c1cc(N)c(C)cc1C. The van der Waals surface area contributed by atoms with Gasteiger partial charge in [0.1, 0.15) is 0 Å². The Morgan fingerprint density at radius 2 is 1.93 bits per heavy atom. The topological polar surface area (TPSA) is 26.0 Å². The van der Waals surface area contributed by atoms with Crippen molar-refractivity contribution < 1.29 is 0 Å². The van der Waals surface area contributed by atoms with Crippen LogP contribution < -0.4 is 5.73 Å². The van der Waals surface area contributed by atoms with Gasteiger partial charge in [0, 0.05) is 5.69 Å². The Labute approximate surface area is 86.6 Å². The van der Waals surface area contributed by atoms with Crippen LogP contribution in [-0.2, 0) is 0 Å². The van der Waals surface area contributed by atoms with Crippen molar-refractivity contribution >= 4 is 11.3 Å². The lowest BCUT2D eigenvalue weighted by Crippen LogP contribution is -1.94. The van der Waals surface area contributed by atoms with Crippen molar-refractivity contribution in [2.24, 2.45) is 0 Å². The zero-order valence-corrected chi connectivity index (χ0v) is 9.52. The molecule has 0 aliphatic carbocycles. The van der Waals surface area contributed by atoms with Gasteiger partial charge in [-0.1, -0.05) is 19.1 Å². The maximum atomic E-state index is 5.90. The fourth-order valence-corrected chi connectivity index (χ4v) is 1.71. The van der Waals surface area contributed by atoms with Crippen molar-refractivity contribution in [3.63, 3.8) is 0 Å². The highest BCUT2D eigenvalue weighted by Crippen LogP contribution is 2.24. The van der Waals surface area contributed by atoms with Crippen LogP contribution in [0.15, 0.2) is 18.2 Å². The first-order valence-corrected chi connectivity index (χ1v) is 5.10. The summed E-state index contributed by atoms with van der Waals surface area (Å²) < 4.78 is 0. The quantitative estimate of drug-likeness (QED) is 0.705. The molecule has 14 heavy (non-hydrogen) atoms. The molecule has 0 saturated heterocycles. The van der Waals surface area contributed by atoms with Crippen LogP contribution in [0.3, 0.4) is 0 Å². The molecule has 0 spiro atoms. The molecular weight excluding hydrogens is 170 g/mol. The minimum atomic E-state index is 0.884. The smallest absolute Gasteiger partial charge is 0.0350 e. The summed E-state index contributed by atoms with van der Waals surface area (Å²) in [7, 11) is 0. The molecule has 1 nitrogen and oxygen atoms in total. The zero-order valence-electron chi connectivity index (χ0n) is 9.52. The van der Waals surface area contributed by atoms with Crippen molar-refractivity contribution in [2.45, 2.75) is 34.1 Å². The minimum Gasteiger partial charge on any atom is -0.398 e. The number of hydrogen-bond donors (Lipinski definition) is 1. The second kappa shape index (κ2) is 4.32. The summed E-state index contributed by atoms with van der Waals surface area (Å²) in [6.07, 6.45) is 3.30. The largest absolute Gasteiger partial charge is 0.398 e. The molecule has 1 aromatic rings. The second-order valence-corrected chi connectivity index (χ2v) is 3.82. The molecule has 0 fully saturated rings. The highest BCUT2D eigenvalue weighted by Gasteiger charge is 2.03. The average Bonchev–Trinajstić information content (AvgIpc) is 2.11. The van der Waals surface area contributed by atoms with Crippen LogP contribution in [-0.4, -0.2) is 0 Å². The number of aryl methyl sites for hydroxylation is 2. The predicted octanol–water partition coefficient (Wildman–Crippen LogP) is 3.70. The normalized spacial score (nSPS) is 11.9. The Morgan fingerprint density at radius 3 is 2.50 bits per heavy atom. The summed E-state index contributed by atoms with van der Waals surface area (Å²) in [5.41, 5.74) is 11.8. The van der Waals surface area contributed by atoms with E-state index in [1.165, 1.54) is 16.7 Å². The molecule has 0 amide bonds. The Morgan fingerprint density at radius 1 is 1.29 bits per heavy atom. The lowest BCUT2D eigenvalue weighted by Gasteiger charge is -2.09. The molecule has 0 unspecified atom stereocenters. The van der Waals surface area contributed by atoms with E-state index < -0.39 is 0 Å². The molecule has 0 aromatic heterocycles. The Bertz CT molecular complexity index is 362. The van der Waals surface area contributed by atoms with Crippen LogP contribution in [0.25, 0.3) is 5.57 Å². The number of hydrogen-bond acceptors (Lipinski definition) is 1. The monoisotopic (exact) mass is 189 g/mol. The molecule has 0 radical (unpaired) electrons. The molecule has 1 aromatic carbocycles. The van der Waals surface area contributed by atoms with E-state index in [1.54, 1.807) is 0 Å². The van der Waals surface area contributed by atoms with Gasteiger partial charge in [-0.2, -0.15) is 0 Å². The van der Waals surface area contributed by atoms with Gasteiger partial charge in [0.15, 0.2) is 0 Å². The summed E-state index contributed by atoms with van der Waals surface area (Å²) in [6, 6.07) is 4.23. The lowest BCUT2D eigenvalue weighted by molar-refractivity contribution is 1.22. The van der Waals surface area contributed by atoms with Crippen molar-refractivity contribution in [3.05, 3.63) is 34.9 Å². The number of nitrogens with two attached hydrogens (primary N) is 1. The summed E-state index contributed by atoms with van der Waals surface area (Å²) in [4.78, 5) is 0. The fourth-order valence-electron chi connectivity index (χ4n) is 1.71. The van der Waals surface area contributed by atoms with Gasteiger partial charge >= 0.3 is 0 Å². The predicted molar refractivity (Wildman–Crippen MR) is 64.3 cm³/mol. The second-order valence-electron chi connectivity index (χ2n) is 3.82. The van der Waals surface area contributed by atoms with E-state index in [1.807, 2.05) is 6.92 Å². The van der Waals surface area contributed by atoms with Gasteiger partial charge in [0.25, 0.3) is 0 Å². The molecule has 2 N–H and O–H groups in total. The third-order valence-corrected chi connectivity index (χ3v) is 2.55. The highest BCUT2D eigenvalue weighted by atomic mass is 14.6. The molecule has 1 rings (SSSR count). The van der Waals surface area contributed by atoms with E-state index in [9.17, 15) is 0 Å². The van der Waals surface area contributed by atoms with E-state index in [-0.39, 0.29) is 0 Å². The zero-order chi connectivity index (χ0) is 10.7. The maximum Gasteiger partial charge on any atom is 0.0350 e. The van der Waals surface area contributed by atoms with Gasteiger partial charge in [-0.3, -0.25) is 0 Å². The van der Waals surface area contributed by atoms with Crippen LogP contribution in [0.4, 0.5) is 5.69 Å². The summed E-state index contributed by atoms with van der Waals surface area (Å²) >= 11 is 0. The maximum absolute atomic E-state index is 5.90. The number of nitrogen functional groups attached to an aromatic ring is 1. The molecule has 0 saturated carbocycles. The average molecular weight is 189 g/mol. The Balaban J connectivity index is 3.22. The first-order valence-electron chi connectivity index (χ1n) is 5.10.